The van der Waals surface area contributed by atoms with Gasteiger partial charge in [0.05, 0.1) is 5.69 Å². The Kier molecular flexibility index (Phi) is 3.85. The van der Waals surface area contributed by atoms with Crippen LogP contribution < -0.4 is 5.32 Å². The second-order valence-corrected chi connectivity index (χ2v) is 6.07. The highest BCUT2D eigenvalue weighted by molar-refractivity contribution is 9.10. The van der Waals surface area contributed by atoms with Gasteiger partial charge in [0.2, 0.25) is 0 Å². The minimum absolute atomic E-state index is 0.855. The van der Waals surface area contributed by atoms with Crippen LogP contribution in [0.5, 0.6) is 0 Å². The largest absolute Gasteiger partial charge is 0.311 e. The topological polar surface area (TPSA) is 37.8 Å². The van der Waals surface area contributed by atoms with E-state index in [1.807, 2.05) is 0 Å². The van der Waals surface area contributed by atoms with Crippen LogP contribution in [-0.2, 0) is 19.4 Å². The summed E-state index contributed by atoms with van der Waals surface area (Å²) in [6.45, 7) is 6.16. The molecule has 0 radical (unpaired) electrons. The highest BCUT2D eigenvalue weighted by Crippen LogP contribution is 2.26. The summed E-state index contributed by atoms with van der Waals surface area (Å²) in [5.41, 5.74) is 6.04. The average molecular weight is 332 g/mol. The number of rotatable bonds is 2. The quantitative estimate of drug-likeness (QED) is 0.916. The highest BCUT2D eigenvalue weighted by Gasteiger charge is 2.17. The molecule has 0 bridgehead atoms. The molecule has 2 aromatic rings. The van der Waals surface area contributed by atoms with Crippen LogP contribution in [-0.4, -0.2) is 16.5 Å². The molecule has 0 saturated carbocycles. The number of hydrogen-bond acceptors (Lipinski definition) is 3. The van der Waals surface area contributed by atoms with Crippen molar-refractivity contribution in [1.29, 1.82) is 0 Å². The molecule has 4 heteroatoms. The van der Waals surface area contributed by atoms with Gasteiger partial charge in [-0.2, -0.15) is 0 Å². The molecule has 1 N–H and O–H groups in total. The van der Waals surface area contributed by atoms with Crippen LogP contribution in [0.3, 0.4) is 0 Å². The summed E-state index contributed by atoms with van der Waals surface area (Å²) in [5.74, 6) is 0.856. The number of aromatic nitrogens is 2. The summed E-state index contributed by atoms with van der Waals surface area (Å²) >= 11 is 3.51. The van der Waals surface area contributed by atoms with Crippen molar-refractivity contribution in [3.8, 4) is 11.4 Å². The first-order valence-electron chi connectivity index (χ1n) is 7.05. The van der Waals surface area contributed by atoms with E-state index in [1.54, 1.807) is 0 Å². The SMILES string of the molecule is CCc1nc(-c2ccc(Br)cc2C)nc2c1CCNC2. The Balaban J connectivity index is 2.14. The second-order valence-electron chi connectivity index (χ2n) is 5.16. The Bertz CT molecular complexity index is 635. The predicted octanol–water partition coefficient (Wildman–Crippen LogP) is 3.42. The summed E-state index contributed by atoms with van der Waals surface area (Å²) in [4.78, 5) is 9.60. The lowest BCUT2D eigenvalue weighted by Crippen LogP contribution is -2.26. The summed E-state index contributed by atoms with van der Waals surface area (Å²) in [7, 11) is 0. The van der Waals surface area contributed by atoms with Crippen molar-refractivity contribution in [3.05, 3.63) is 45.2 Å². The first-order chi connectivity index (χ1) is 9.69. The Morgan fingerprint density at radius 1 is 1.30 bits per heavy atom. The van der Waals surface area contributed by atoms with E-state index in [0.29, 0.717) is 0 Å². The van der Waals surface area contributed by atoms with Crippen LogP contribution >= 0.6 is 15.9 Å². The molecule has 0 atom stereocenters. The highest BCUT2D eigenvalue weighted by atomic mass is 79.9. The maximum absolute atomic E-state index is 4.81. The molecule has 0 saturated heterocycles. The third kappa shape index (κ3) is 2.50. The fourth-order valence-electron chi connectivity index (χ4n) is 2.73. The zero-order valence-corrected chi connectivity index (χ0v) is 13.4. The Morgan fingerprint density at radius 2 is 2.15 bits per heavy atom. The third-order valence-electron chi connectivity index (χ3n) is 3.79. The molecule has 0 spiro atoms. The Hall–Kier alpha value is -1.26. The van der Waals surface area contributed by atoms with Gasteiger partial charge in [-0.3, -0.25) is 0 Å². The van der Waals surface area contributed by atoms with Crippen LogP contribution in [0.15, 0.2) is 22.7 Å². The van der Waals surface area contributed by atoms with Crippen molar-refractivity contribution >= 4 is 15.9 Å². The number of fused-ring (bicyclic) bond motifs is 1. The predicted molar refractivity (Wildman–Crippen MR) is 84.7 cm³/mol. The van der Waals surface area contributed by atoms with Crippen LogP contribution in [0, 0.1) is 6.92 Å². The Morgan fingerprint density at radius 3 is 2.90 bits per heavy atom. The van der Waals surface area contributed by atoms with Gasteiger partial charge in [-0.05, 0) is 55.6 Å². The van der Waals surface area contributed by atoms with E-state index < -0.39 is 0 Å². The smallest absolute Gasteiger partial charge is 0.159 e. The van der Waals surface area contributed by atoms with E-state index in [2.05, 4.69) is 53.3 Å². The molecule has 0 fully saturated rings. The fraction of sp³-hybridized carbons (Fsp3) is 0.375. The normalized spacial score (nSPS) is 14.2. The second kappa shape index (κ2) is 5.62. The van der Waals surface area contributed by atoms with Crippen LogP contribution in [0.4, 0.5) is 0 Å². The van der Waals surface area contributed by atoms with E-state index in [-0.39, 0.29) is 0 Å². The molecular formula is C16H18BrN3. The van der Waals surface area contributed by atoms with Crippen molar-refractivity contribution in [2.24, 2.45) is 0 Å². The molecule has 20 heavy (non-hydrogen) atoms. The van der Waals surface area contributed by atoms with Gasteiger partial charge >= 0.3 is 0 Å². The summed E-state index contributed by atoms with van der Waals surface area (Å²) in [6, 6.07) is 6.26. The summed E-state index contributed by atoms with van der Waals surface area (Å²) in [6.07, 6.45) is 2.01. The number of halogens is 1. The molecule has 0 amide bonds. The van der Waals surface area contributed by atoms with Gasteiger partial charge < -0.3 is 5.32 Å². The molecule has 2 heterocycles. The van der Waals surface area contributed by atoms with Crippen LogP contribution in [0.25, 0.3) is 11.4 Å². The molecule has 3 rings (SSSR count). The van der Waals surface area contributed by atoms with Gasteiger partial charge in [-0.1, -0.05) is 22.9 Å². The zero-order valence-electron chi connectivity index (χ0n) is 11.8. The first kappa shape index (κ1) is 13.7. The van der Waals surface area contributed by atoms with E-state index in [9.17, 15) is 0 Å². The lowest BCUT2D eigenvalue weighted by Gasteiger charge is -2.20. The Labute approximate surface area is 128 Å². The monoisotopic (exact) mass is 331 g/mol. The molecule has 0 unspecified atom stereocenters. The van der Waals surface area contributed by atoms with E-state index in [0.717, 1.165) is 41.8 Å². The number of benzene rings is 1. The van der Waals surface area contributed by atoms with Crippen molar-refractivity contribution in [2.45, 2.75) is 33.2 Å². The summed E-state index contributed by atoms with van der Waals surface area (Å²) < 4.78 is 1.09. The van der Waals surface area contributed by atoms with Crippen molar-refractivity contribution < 1.29 is 0 Å². The van der Waals surface area contributed by atoms with Crippen LogP contribution in [0.2, 0.25) is 0 Å². The van der Waals surface area contributed by atoms with Gasteiger partial charge in [0.15, 0.2) is 5.82 Å². The molecule has 1 aliphatic rings. The lowest BCUT2D eigenvalue weighted by atomic mass is 10.0. The fourth-order valence-corrected chi connectivity index (χ4v) is 3.20. The maximum Gasteiger partial charge on any atom is 0.159 e. The number of nitrogens with one attached hydrogen (secondary N) is 1. The molecule has 1 aliphatic heterocycles. The molecule has 104 valence electrons. The van der Waals surface area contributed by atoms with Gasteiger partial charge in [0, 0.05) is 22.3 Å². The third-order valence-corrected chi connectivity index (χ3v) is 4.28. The lowest BCUT2D eigenvalue weighted by molar-refractivity contribution is 0.617. The molecule has 3 nitrogen and oxygen atoms in total. The minimum Gasteiger partial charge on any atom is -0.311 e. The van der Waals surface area contributed by atoms with E-state index in [1.165, 1.54) is 22.5 Å². The van der Waals surface area contributed by atoms with Crippen molar-refractivity contribution in [1.82, 2.24) is 15.3 Å². The summed E-state index contributed by atoms with van der Waals surface area (Å²) in [5, 5.41) is 3.40. The first-order valence-corrected chi connectivity index (χ1v) is 7.84. The number of hydrogen-bond donors (Lipinski definition) is 1. The maximum atomic E-state index is 4.81. The standard InChI is InChI=1S/C16H18BrN3/c1-3-14-13-6-7-18-9-15(13)20-16(19-14)12-5-4-11(17)8-10(12)2/h4-5,8,18H,3,6-7,9H2,1-2H3. The average Bonchev–Trinajstić information content (AvgIpc) is 2.46. The minimum atomic E-state index is 0.855. The zero-order chi connectivity index (χ0) is 14.1. The van der Waals surface area contributed by atoms with Gasteiger partial charge in [0.1, 0.15) is 0 Å². The van der Waals surface area contributed by atoms with Gasteiger partial charge in [-0.25, -0.2) is 9.97 Å². The number of nitrogens with zero attached hydrogens (tertiary/aromatic N) is 2. The molecule has 1 aromatic heterocycles. The van der Waals surface area contributed by atoms with Crippen molar-refractivity contribution in [3.63, 3.8) is 0 Å². The van der Waals surface area contributed by atoms with E-state index >= 15 is 0 Å². The molecule has 1 aromatic carbocycles. The van der Waals surface area contributed by atoms with Crippen molar-refractivity contribution in [2.75, 3.05) is 6.54 Å². The van der Waals surface area contributed by atoms with E-state index in [4.69, 9.17) is 9.97 Å². The molecular weight excluding hydrogens is 314 g/mol. The van der Waals surface area contributed by atoms with Gasteiger partial charge in [-0.15, -0.1) is 0 Å². The number of aryl methyl sites for hydroxylation is 2. The van der Waals surface area contributed by atoms with Crippen LogP contribution in [0.1, 0.15) is 29.4 Å². The molecule has 0 aliphatic carbocycles. The van der Waals surface area contributed by atoms with Gasteiger partial charge in [0.25, 0.3) is 0 Å².